The molecule has 4 rings (SSSR count). The van der Waals surface area contributed by atoms with Crippen molar-refractivity contribution >= 4 is 51.9 Å². The van der Waals surface area contributed by atoms with Crippen molar-refractivity contribution in [2.24, 2.45) is 0 Å². The molecule has 2 heterocycles. The van der Waals surface area contributed by atoms with E-state index < -0.39 is 28.5 Å². The van der Waals surface area contributed by atoms with E-state index in [1.54, 1.807) is 30.3 Å². The number of aromatic nitrogens is 3. The molecule has 0 aliphatic heterocycles. The van der Waals surface area contributed by atoms with Gasteiger partial charge in [-0.2, -0.15) is 13.2 Å². The maximum Gasteiger partial charge on any atom is 0.417 e. The third-order valence-corrected chi connectivity index (χ3v) is 5.76. The largest absolute Gasteiger partial charge is 0.417 e. The number of aromatic amines is 1. The molecule has 0 saturated carbocycles. The first-order valence-electron chi connectivity index (χ1n) is 9.10. The van der Waals surface area contributed by atoms with Gasteiger partial charge in [-0.3, -0.25) is 0 Å². The Hall–Kier alpha value is -3.51. The van der Waals surface area contributed by atoms with E-state index in [0.717, 1.165) is 12.1 Å². The zero-order chi connectivity index (χ0) is 23.8. The Bertz CT molecular complexity index is 1400. The summed E-state index contributed by atoms with van der Waals surface area (Å²) in [4.78, 5) is 31.1. The Morgan fingerprint density at radius 1 is 1.06 bits per heavy atom. The van der Waals surface area contributed by atoms with Crippen LogP contribution < -0.4 is 16.3 Å². The summed E-state index contributed by atoms with van der Waals surface area (Å²) in [6.07, 6.45) is -3.28. The number of halogens is 5. The predicted octanol–water partition coefficient (Wildman–Crippen LogP) is 5.92. The van der Waals surface area contributed by atoms with E-state index in [1.807, 2.05) is 0 Å². The van der Waals surface area contributed by atoms with E-state index in [0.29, 0.717) is 15.5 Å². The fourth-order valence-electron chi connectivity index (χ4n) is 2.88. The number of carbonyl (C=O) groups excluding carboxylic acids is 1. The number of amides is 2. The number of benzene rings is 2. The van der Waals surface area contributed by atoms with Crippen LogP contribution in [0, 0.1) is 0 Å². The first kappa shape index (κ1) is 22.7. The fourth-order valence-corrected chi connectivity index (χ4v) is 4.01. The predicted molar refractivity (Wildman–Crippen MR) is 117 cm³/mol. The minimum atomic E-state index is -4.65. The fraction of sp³-hybridized carbons (Fsp3) is 0.0500. The highest BCUT2D eigenvalue weighted by Crippen LogP contribution is 2.36. The maximum atomic E-state index is 13.7. The van der Waals surface area contributed by atoms with Gasteiger partial charge in [-0.15, -0.1) is 4.79 Å². The van der Waals surface area contributed by atoms with Crippen molar-refractivity contribution < 1.29 is 22.4 Å². The van der Waals surface area contributed by atoms with Crippen molar-refractivity contribution in [2.75, 3.05) is 10.6 Å². The second kappa shape index (κ2) is 8.79. The highest BCUT2D eigenvalue weighted by atomic mass is 35.5. The number of carbonyl (C=O) groups is 1. The van der Waals surface area contributed by atoms with Crippen LogP contribution in [0.5, 0.6) is 0 Å². The summed E-state index contributed by atoms with van der Waals surface area (Å²) in [5, 5.41) is 4.36. The van der Waals surface area contributed by atoms with Gasteiger partial charge in [-0.25, -0.2) is 14.6 Å². The number of fused-ring (bicyclic) bond motifs is 1. The second-order valence-electron chi connectivity index (χ2n) is 6.62. The van der Waals surface area contributed by atoms with Gasteiger partial charge in [0.15, 0.2) is 5.65 Å². The average Bonchev–Trinajstić information content (AvgIpc) is 3.05. The van der Waals surface area contributed by atoms with Gasteiger partial charge in [0.25, 0.3) is 0 Å². The number of urea groups is 1. The molecule has 0 radical (unpaired) electrons. The van der Waals surface area contributed by atoms with Crippen molar-refractivity contribution in [3.63, 3.8) is 0 Å². The van der Waals surface area contributed by atoms with Gasteiger partial charge < -0.3 is 15.6 Å². The molecule has 2 amide bonds. The van der Waals surface area contributed by atoms with E-state index in [-0.39, 0.29) is 21.6 Å². The molecule has 3 N–H and O–H groups in total. The highest BCUT2D eigenvalue weighted by molar-refractivity contribution is 7.99. The third kappa shape index (κ3) is 4.96. The molecule has 0 aliphatic rings. The molecule has 0 atom stereocenters. The smallest absolute Gasteiger partial charge is 0.308 e. The quantitative estimate of drug-likeness (QED) is 0.305. The molecule has 0 spiro atoms. The molecule has 7 nitrogen and oxygen atoms in total. The molecular weight excluding hydrogens is 486 g/mol. The van der Waals surface area contributed by atoms with Gasteiger partial charge in [-0.1, -0.05) is 27.8 Å². The van der Waals surface area contributed by atoms with Crippen molar-refractivity contribution in [3.8, 4) is 0 Å². The van der Waals surface area contributed by atoms with Crippen LogP contribution in [0.2, 0.25) is 5.02 Å². The molecule has 0 fully saturated rings. The van der Waals surface area contributed by atoms with Crippen molar-refractivity contribution in [1.29, 1.82) is 0 Å². The highest BCUT2D eigenvalue weighted by Gasteiger charge is 2.33. The van der Waals surface area contributed by atoms with Gasteiger partial charge in [0.1, 0.15) is 5.52 Å². The number of anilines is 2. The molecule has 170 valence electrons. The molecule has 0 saturated heterocycles. The number of nitrogens with zero attached hydrogens (tertiary/aromatic N) is 2. The lowest BCUT2D eigenvalue weighted by atomic mass is 10.2. The van der Waals surface area contributed by atoms with Crippen LogP contribution in [-0.4, -0.2) is 20.8 Å². The van der Waals surface area contributed by atoms with E-state index in [4.69, 9.17) is 11.6 Å². The average molecular weight is 498 g/mol. The number of rotatable bonds is 4. The minimum Gasteiger partial charge on any atom is -0.308 e. The maximum absolute atomic E-state index is 13.7. The van der Waals surface area contributed by atoms with Crippen LogP contribution in [-0.2, 0) is 6.18 Å². The van der Waals surface area contributed by atoms with Gasteiger partial charge in [0.2, 0.25) is 0 Å². The van der Waals surface area contributed by atoms with Crippen molar-refractivity contribution in [2.45, 2.75) is 16.0 Å². The summed E-state index contributed by atoms with van der Waals surface area (Å²) in [5.41, 5.74) is -1.57. The number of hydrogen-bond donors (Lipinski definition) is 3. The SMILES string of the molecule is O=C(Nc1ccc(Sc2ccnc3c2[nH]c(=O)n3F)cc1)Nc1ccc(Cl)c(C(F)(F)F)c1. The van der Waals surface area contributed by atoms with E-state index in [2.05, 4.69) is 20.6 Å². The summed E-state index contributed by atoms with van der Waals surface area (Å²) in [6.45, 7) is 0. The number of pyridine rings is 1. The number of alkyl halides is 3. The third-order valence-electron chi connectivity index (χ3n) is 4.36. The Morgan fingerprint density at radius 2 is 1.73 bits per heavy atom. The van der Waals surface area contributed by atoms with Crippen LogP contribution in [0.15, 0.2) is 69.3 Å². The topological polar surface area (TPSA) is 91.8 Å². The van der Waals surface area contributed by atoms with Gasteiger partial charge in [0, 0.05) is 27.4 Å². The number of nitrogens with one attached hydrogen (secondary N) is 3. The first-order valence-corrected chi connectivity index (χ1v) is 10.3. The molecule has 0 bridgehead atoms. The summed E-state index contributed by atoms with van der Waals surface area (Å²) < 4.78 is 52.6. The van der Waals surface area contributed by atoms with Crippen LogP contribution in [0.25, 0.3) is 11.2 Å². The van der Waals surface area contributed by atoms with Gasteiger partial charge >= 0.3 is 17.9 Å². The van der Waals surface area contributed by atoms with Gasteiger partial charge in [-0.05, 0) is 48.5 Å². The molecule has 2 aromatic carbocycles. The van der Waals surface area contributed by atoms with Crippen molar-refractivity contribution in [1.82, 2.24) is 14.8 Å². The molecule has 2 aromatic heterocycles. The molecule has 13 heteroatoms. The zero-order valence-corrected chi connectivity index (χ0v) is 17.8. The normalized spacial score (nSPS) is 11.5. The van der Waals surface area contributed by atoms with Crippen molar-refractivity contribution in [3.05, 3.63) is 75.8 Å². The Labute approximate surface area is 191 Å². The van der Waals surface area contributed by atoms with E-state index >= 15 is 0 Å². The minimum absolute atomic E-state index is 0.0769. The standard InChI is InChI=1S/C20H12ClF4N5O2S/c21-14-6-3-11(9-13(14)20(22,23)24)28-18(31)27-10-1-4-12(5-2-10)33-15-7-8-26-17-16(15)29-19(32)30(17)25/h1-9H,(H,29,32)(H2,27,28,31). The lowest BCUT2D eigenvalue weighted by molar-refractivity contribution is -0.137. The van der Waals surface area contributed by atoms with Crippen LogP contribution >= 0.6 is 23.4 Å². The molecule has 33 heavy (non-hydrogen) atoms. The summed E-state index contributed by atoms with van der Waals surface area (Å²) in [5.74, 6) is 0. The Morgan fingerprint density at radius 3 is 2.42 bits per heavy atom. The summed E-state index contributed by atoms with van der Waals surface area (Å²) >= 11 is 6.81. The molecule has 0 unspecified atom stereocenters. The molecule has 4 aromatic rings. The monoisotopic (exact) mass is 497 g/mol. The Kier molecular flexibility index (Phi) is 6.04. The van der Waals surface area contributed by atoms with E-state index in [9.17, 15) is 27.2 Å². The van der Waals surface area contributed by atoms with Crippen LogP contribution in [0.1, 0.15) is 5.56 Å². The zero-order valence-electron chi connectivity index (χ0n) is 16.2. The molecule has 0 aliphatic carbocycles. The number of imidazole rings is 1. The van der Waals surface area contributed by atoms with Gasteiger partial charge in [0.05, 0.1) is 10.6 Å². The summed E-state index contributed by atoms with van der Waals surface area (Å²) in [7, 11) is 0. The lowest BCUT2D eigenvalue weighted by Crippen LogP contribution is -2.19. The first-order chi connectivity index (χ1) is 15.6. The van der Waals surface area contributed by atoms with E-state index in [1.165, 1.54) is 24.0 Å². The lowest BCUT2D eigenvalue weighted by Gasteiger charge is -2.12. The second-order valence-corrected chi connectivity index (χ2v) is 8.14. The molecular formula is C20H12ClF4N5O2S. The Balaban J connectivity index is 1.44. The number of H-pyrrole nitrogens is 1. The van der Waals surface area contributed by atoms with Crippen LogP contribution in [0.4, 0.5) is 33.8 Å². The summed E-state index contributed by atoms with van der Waals surface area (Å²) in [6, 6.07) is 10.4. The number of hydrogen-bond acceptors (Lipinski definition) is 4. The van der Waals surface area contributed by atoms with Crippen LogP contribution in [0.3, 0.4) is 0 Å².